The molecule has 2 unspecified atom stereocenters. The molecule has 78 valence electrons. The Hall–Kier alpha value is -0.550. The first-order chi connectivity index (χ1) is 6.65. The molecule has 14 heavy (non-hydrogen) atoms. The second-order valence-electron chi connectivity index (χ2n) is 5.12. The first kappa shape index (κ1) is 9.98. The van der Waals surface area contributed by atoms with Crippen LogP contribution < -0.4 is 0 Å². The summed E-state index contributed by atoms with van der Waals surface area (Å²) in [6, 6.07) is 2.23. The molecule has 1 N–H and O–H groups in total. The van der Waals surface area contributed by atoms with Crippen LogP contribution in [0.1, 0.15) is 51.9 Å². The number of hydrogen-bond acceptors (Lipinski definition) is 2. The van der Waals surface area contributed by atoms with Crippen LogP contribution in [0.2, 0.25) is 0 Å². The van der Waals surface area contributed by atoms with Crippen LogP contribution in [0.25, 0.3) is 0 Å². The highest BCUT2D eigenvalue weighted by Gasteiger charge is 2.60. The summed E-state index contributed by atoms with van der Waals surface area (Å²) >= 11 is 0. The highest BCUT2D eigenvalue weighted by Crippen LogP contribution is 2.60. The van der Waals surface area contributed by atoms with Gasteiger partial charge in [-0.3, -0.25) is 0 Å². The van der Waals surface area contributed by atoms with Crippen LogP contribution in [0.15, 0.2) is 0 Å². The van der Waals surface area contributed by atoms with Crippen LogP contribution in [0, 0.1) is 22.7 Å². The lowest BCUT2D eigenvalue weighted by Gasteiger charge is -2.59. The van der Waals surface area contributed by atoms with E-state index in [9.17, 15) is 5.11 Å². The van der Waals surface area contributed by atoms with Crippen molar-refractivity contribution in [1.29, 1.82) is 5.26 Å². The molecule has 0 heterocycles. The normalized spacial score (nSPS) is 37.2. The SMILES string of the molecule is CC(C#N)C1(O)CCC12CCCCC2. The van der Waals surface area contributed by atoms with E-state index in [1.165, 1.54) is 19.3 Å². The minimum absolute atomic E-state index is 0.112. The van der Waals surface area contributed by atoms with Gasteiger partial charge in [0.25, 0.3) is 0 Å². The average molecular weight is 193 g/mol. The highest BCUT2D eigenvalue weighted by molar-refractivity contribution is 5.14. The van der Waals surface area contributed by atoms with Crippen molar-refractivity contribution in [2.75, 3.05) is 0 Å². The maximum atomic E-state index is 10.5. The molecule has 1 spiro atoms. The number of nitriles is 1. The van der Waals surface area contributed by atoms with Crippen molar-refractivity contribution < 1.29 is 5.11 Å². The summed E-state index contributed by atoms with van der Waals surface area (Å²) in [5.74, 6) is -0.200. The zero-order valence-corrected chi connectivity index (χ0v) is 8.92. The van der Waals surface area contributed by atoms with E-state index in [4.69, 9.17) is 5.26 Å². The lowest BCUT2D eigenvalue weighted by atomic mass is 9.48. The quantitative estimate of drug-likeness (QED) is 0.695. The van der Waals surface area contributed by atoms with E-state index in [0.717, 1.165) is 25.7 Å². The summed E-state index contributed by atoms with van der Waals surface area (Å²) in [4.78, 5) is 0. The van der Waals surface area contributed by atoms with Gasteiger partial charge < -0.3 is 5.11 Å². The van der Waals surface area contributed by atoms with Crippen LogP contribution in [-0.2, 0) is 0 Å². The van der Waals surface area contributed by atoms with Gasteiger partial charge in [0.2, 0.25) is 0 Å². The van der Waals surface area contributed by atoms with E-state index in [-0.39, 0.29) is 11.3 Å². The summed E-state index contributed by atoms with van der Waals surface area (Å²) in [6.45, 7) is 1.87. The number of nitrogens with zero attached hydrogens (tertiary/aromatic N) is 1. The van der Waals surface area contributed by atoms with Crippen LogP contribution in [0.4, 0.5) is 0 Å². The molecule has 0 aromatic carbocycles. The Kier molecular flexibility index (Phi) is 2.31. The van der Waals surface area contributed by atoms with Gasteiger partial charge in [0.15, 0.2) is 0 Å². The molecule has 2 saturated carbocycles. The first-order valence-corrected chi connectivity index (χ1v) is 5.77. The van der Waals surface area contributed by atoms with Crippen LogP contribution in [0.5, 0.6) is 0 Å². The van der Waals surface area contributed by atoms with Crippen molar-refractivity contribution in [2.45, 2.75) is 57.5 Å². The van der Waals surface area contributed by atoms with Gasteiger partial charge in [-0.2, -0.15) is 5.26 Å². The van der Waals surface area contributed by atoms with Gasteiger partial charge in [-0.25, -0.2) is 0 Å². The topological polar surface area (TPSA) is 44.0 Å². The Morgan fingerprint density at radius 2 is 1.79 bits per heavy atom. The summed E-state index contributed by atoms with van der Waals surface area (Å²) < 4.78 is 0. The van der Waals surface area contributed by atoms with E-state index in [1.54, 1.807) is 0 Å². The third kappa shape index (κ3) is 1.12. The van der Waals surface area contributed by atoms with Gasteiger partial charge in [-0.15, -0.1) is 0 Å². The molecular formula is C12H19NO. The standard InChI is InChI=1S/C12H19NO/c1-10(9-13)12(14)8-7-11(12)5-3-2-4-6-11/h10,14H,2-8H2,1H3. The predicted molar refractivity (Wildman–Crippen MR) is 54.5 cm³/mol. The number of aliphatic hydroxyl groups is 1. The fourth-order valence-corrected chi connectivity index (χ4v) is 3.43. The molecule has 2 heteroatoms. The first-order valence-electron chi connectivity index (χ1n) is 5.77. The maximum absolute atomic E-state index is 10.5. The largest absolute Gasteiger partial charge is 0.388 e. The predicted octanol–water partition coefficient (Wildman–Crippen LogP) is 2.62. The minimum atomic E-state index is -0.665. The maximum Gasteiger partial charge on any atom is 0.0858 e. The van der Waals surface area contributed by atoms with E-state index in [2.05, 4.69) is 6.07 Å². The van der Waals surface area contributed by atoms with Crippen LogP contribution in [0.3, 0.4) is 0 Å². The van der Waals surface area contributed by atoms with Crippen molar-refractivity contribution >= 4 is 0 Å². The van der Waals surface area contributed by atoms with Crippen molar-refractivity contribution in [2.24, 2.45) is 11.3 Å². The van der Waals surface area contributed by atoms with Crippen molar-refractivity contribution in [3.8, 4) is 6.07 Å². The molecule has 0 aliphatic heterocycles. The molecule has 2 aliphatic carbocycles. The van der Waals surface area contributed by atoms with E-state index in [0.29, 0.717) is 0 Å². The summed E-state index contributed by atoms with van der Waals surface area (Å²) in [6.07, 6.45) is 8.02. The van der Waals surface area contributed by atoms with Gasteiger partial charge >= 0.3 is 0 Å². The minimum Gasteiger partial charge on any atom is -0.388 e. The zero-order chi connectivity index (χ0) is 10.2. The molecule has 0 aromatic rings. The second-order valence-corrected chi connectivity index (χ2v) is 5.12. The molecule has 0 bridgehead atoms. The van der Waals surface area contributed by atoms with Crippen LogP contribution in [-0.4, -0.2) is 10.7 Å². The monoisotopic (exact) mass is 193 g/mol. The molecule has 2 atom stereocenters. The lowest BCUT2D eigenvalue weighted by molar-refractivity contribution is -0.201. The Balaban J connectivity index is 2.17. The lowest BCUT2D eigenvalue weighted by Crippen LogP contribution is -2.61. The fourth-order valence-electron chi connectivity index (χ4n) is 3.43. The van der Waals surface area contributed by atoms with Gasteiger partial charge in [0, 0.05) is 5.41 Å². The molecule has 2 aliphatic rings. The molecule has 2 rings (SSSR count). The summed E-state index contributed by atoms with van der Waals surface area (Å²) in [5.41, 5.74) is -0.553. The highest BCUT2D eigenvalue weighted by atomic mass is 16.3. The molecule has 0 saturated heterocycles. The smallest absolute Gasteiger partial charge is 0.0858 e. The van der Waals surface area contributed by atoms with Gasteiger partial charge in [-0.05, 0) is 32.6 Å². The third-order valence-electron chi connectivity index (χ3n) is 4.62. The Morgan fingerprint density at radius 1 is 1.14 bits per heavy atom. The number of rotatable bonds is 1. The fraction of sp³-hybridized carbons (Fsp3) is 0.917. The van der Waals surface area contributed by atoms with E-state index in [1.807, 2.05) is 6.92 Å². The van der Waals surface area contributed by atoms with E-state index < -0.39 is 5.60 Å². The van der Waals surface area contributed by atoms with Crippen molar-refractivity contribution in [1.82, 2.24) is 0 Å². The zero-order valence-electron chi connectivity index (χ0n) is 8.92. The third-order valence-corrected chi connectivity index (χ3v) is 4.62. The van der Waals surface area contributed by atoms with Gasteiger partial charge in [0.1, 0.15) is 0 Å². The van der Waals surface area contributed by atoms with Crippen molar-refractivity contribution in [3.63, 3.8) is 0 Å². The molecule has 0 aromatic heterocycles. The molecular weight excluding hydrogens is 174 g/mol. The molecule has 0 amide bonds. The summed E-state index contributed by atoms with van der Waals surface area (Å²) in [5, 5.41) is 19.5. The Morgan fingerprint density at radius 3 is 2.21 bits per heavy atom. The molecule has 0 radical (unpaired) electrons. The second kappa shape index (κ2) is 3.24. The van der Waals surface area contributed by atoms with E-state index >= 15 is 0 Å². The van der Waals surface area contributed by atoms with Crippen molar-refractivity contribution in [3.05, 3.63) is 0 Å². The van der Waals surface area contributed by atoms with Crippen LogP contribution >= 0.6 is 0 Å². The van der Waals surface area contributed by atoms with Gasteiger partial charge in [-0.1, -0.05) is 19.3 Å². The van der Waals surface area contributed by atoms with Gasteiger partial charge in [0.05, 0.1) is 17.6 Å². The Bertz CT molecular complexity index is 262. The molecule has 2 nitrogen and oxygen atoms in total. The number of hydrogen-bond donors (Lipinski definition) is 1. The molecule has 2 fully saturated rings. The summed E-state index contributed by atoms with van der Waals surface area (Å²) in [7, 11) is 0. The average Bonchev–Trinajstić information content (AvgIpc) is 2.26. The Labute approximate surface area is 85.9 Å².